The molecule has 0 aromatic heterocycles. The second kappa shape index (κ2) is 3.60. The van der Waals surface area contributed by atoms with Crippen molar-refractivity contribution in [3.63, 3.8) is 0 Å². The van der Waals surface area contributed by atoms with Gasteiger partial charge in [0.25, 0.3) is 0 Å². The number of hydrogen-bond donors (Lipinski definition) is 1. The van der Waals surface area contributed by atoms with Crippen LogP contribution in [0.5, 0.6) is 5.75 Å². The fourth-order valence-electron chi connectivity index (χ4n) is 1.80. The molecule has 0 radical (unpaired) electrons. The average molecular weight is 195 g/mol. The highest BCUT2D eigenvalue weighted by Crippen LogP contribution is 2.27. The summed E-state index contributed by atoms with van der Waals surface area (Å²) in [6.07, 6.45) is 1.06. The fraction of sp³-hybridized carbons (Fsp3) is 0.400. The standard InChI is InChI=1S/C10H13NOS/c1-11-6-5-9-8(7-11)3-2-4-10(9)12-13/h2-4,13H,5-7H2,1H3. The zero-order chi connectivity index (χ0) is 9.26. The quantitative estimate of drug-likeness (QED) is 0.543. The molecule has 1 aliphatic heterocycles. The minimum absolute atomic E-state index is 0.911. The minimum Gasteiger partial charge on any atom is -0.429 e. The molecule has 1 heterocycles. The van der Waals surface area contributed by atoms with E-state index in [4.69, 9.17) is 4.18 Å². The van der Waals surface area contributed by atoms with Crippen molar-refractivity contribution in [3.05, 3.63) is 29.3 Å². The molecule has 0 N–H and O–H groups in total. The Morgan fingerprint density at radius 3 is 3.08 bits per heavy atom. The summed E-state index contributed by atoms with van der Waals surface area (Å²) in [6.45, 7) is 2.11. The van der Waals surface area contributed by atoms with Gasteiger partial charge in [0.15, 0.2) is 0 Å². The van der Waals surface area contributed by atoms with E-state index in [1.165, 1.54) is 11.1 Å². The van der Waals surface area contributed by atoms with Crippen LogP contribution in [-0.2, 0) is 13.0 Å². The van der Waals surface area contributed by atoms with Crippen LogP contribution >= 0.6 is 12.9 Å². The second-order valence-corrected chi connectivity index (χ2v) is 3.66. The van der Waals surface area contributed by atoms with E-state index in [-0.39, 0.29) is 0 Å². The van der Waals surface area contributed by atoms with Crippen molar-refractivity contribution >= 4 is 12.9 Å². The van der Waals surface area contributed by atoms with Gasteiger partial charge in [-0.25, -0.2) is 0 Å². The van der Waals surface area contributed by atoms with E-state index >= 15 is 0 Å². The molecule has 0 atom stereocenters. The molecule has 0 amide bonds. The Morgan fingerprint density at radius 2 is 2.31 bits per heavy atom. The second-order valence-electron chi connectivity index (χ2n) is 3.47. The average Bonchev–Trinajstić information content (AvgIpc) is 2.16. The van der Waals surface area contributed by atoms with E-state index in [0.717, 1.165) is 25.3 Å². The summed E-state index contributed by atoms with van der Waals surface area (Å²) in [7, 11) is 2.14. The van der Waals surface area contributed by atoms with Gasteiger partial charge in [0, 0.05) is 31.6 Å². The van der Waals surface area contributed by atoms with Gasteiger partial charge < -0.3 is 9.08 Å². The van der Waals surface area contributed by atoms with E-state index in [2.05, 4.69) is 30.9 Å². The van der Waals surface area contributed by atoms with Crippen LogP contribution in [0.3, 0.4) is 0 Å². The molecule has 3 heteroatoms. The molecule has 13 heavy (non-hydrogen) atoms. The molecule has 0 spiro atoms. The molecule has 0 aliphatic carbocycles. The Bertz CT molecular complexity index is 314. The van der Waals surface area contributed by atoms with E-state index in [1.54, 1.807) is 0 Å². The highest BCUT2D eigenvalue weighted by atomic mass is 32.1. The molecular formula is C10H13NOS. The van der Waals surface area contributed by atoms with Crippen LogP contribution in [0.2, 0.25) is 0 Å². The number of fused-ring (bicyclic) bond motifs is 1. The van der Waals surface area contributed by atoms with Gasteiger partial charge in [-0.2, -0.15) is 0 Å². The molecule has 1 aromatic rings. The lowest BCUT2D eigenvalue weighted by Crippen LogP contribution is -2.26. The highest BCUT2D eigenvalue weighted by Gasteiger charge is 2.16. The van der Waals surface area contributed by atoms with Crippen LogP contribution in [0.1, 0.15) is 11.1 Å². The van der Waals surface area contributed by atoms with Gasteiger partial charge in [-0.15, -0.1) is 0 Å². The smallest absolute Gasteiger partial charge is 0.140 e. The Kier molecular flexibility index (Phi) is 2.47. The van der Waals surface area contributed by atoms with Gasteiger partial charge in [-0.05, 0) is 25.1 Å². The first-order chi connectivity index (χ1) is 6.31. The molecule has 0 saturated heterocycles. The summed E-state index contributed by atoms with van der Waals surface area (Å²) >= 11 is 3.85. The molecule has 70 valence electrons. The predicted octanol–water partition coefficient (Wildman–Crippen LogP) is 1.90. The molecule has 1 aliphatic rings. The molecule has 2 rings (SSSR count). The maximum atomic E-state index is 5.02. The number of thiol groups is 1. The lowest BCUT2D eigenvalue weighted by molar-refractivity contribution is 0.311. The van der Waals surface area contributed by atoms with E-state index in [9.17, 15) is 0 Å². The van der Waals surface area contributed by atoms with Crippen molar-refractivity contribution in [1.82, 2.24) is 4.90 Å². The van der Waals surface area contributed by atoms with Crippen LogP contribution in [-0.4, -0.2) is 18.5 Å². The third-order valence-electron chi connectivity index (χ3n) is 2.51. The first-order valence-electron chi connectivity index (χ1n) is 4.42. The van der Waals surface area contributed by atoms with Crippen molar-refractivity contribution in [2.45, 2.75) is 13.0 Å². The van der Waals surface area contributed by atoms with Crippen LogP contribution in [0.15, 0.2) is 18.2 Å². The monoisotopic (exact) mass is 195 g/mol. The SMILES string of the molecule is CN1CCc2c(cccc2OS)C1. The van der Waals surface area contributed by atoms with Gasteiger partial charge in [0.1, 0.15) is 5.75 Å². The van der Waals surface area contributed by atoms with Crippen molar-refractivity contribution in [2.24, 2.45) is 0 Å². The molecule has 0 saturated carbocycles. The van der Waals surface area contributed by atoms with Gasteiger partial charge in [0.2, 0.25) is 0 Å². The number of rotatable bonds is 1. The first-order valence-corrected chi connectivity index (χ1v) is 4.78. The van der Waals surface area contributed by atoms with Gasteiger partial charge in [-0.1, -0.05) is 12.1 Å². The lowest BCUT2D eigenvalue weighted by Gasteiger charge is -2.25. The zero-order valence-corrected chi connectivity index (χ0v) is 8.55. The third-order valence-corrected chi connectivity index (χ3v) is 2.71. The van der Waals surface area contributed by atoms with Gasteiger partial charge >= 0.3 is 0 Å². The summed E-state index contributed by atoms with van der Waals surface area (Å²) < 4.78 is 5.02. The Hall–Kier alpha value is -0.670. The molecule has 0 unspecified atom stereocenters. The van der Waals surface area contributed by atoms with Crippen LogP contribution in [0.4, 0.5) is 0 Å². The van der Waals surface area contributed by atoms with Crippen molar-refractivity contribution in [1.29, 1.82) is 0 Å². The largest absolute Gasteiger partial charge is 0.429 e. The van der Waals surface area contributed by atoms with E-state index < -0.39 is 0 Å². The van der Waals surface area contributed by atoms with E-state index in [0.29, 0.717) is 0 Å². The number of hydrogen-bond acceptors (Lipinski definition) is 3. The number of nitrogens with zero attached hydrogens (tertiary/aromatic N) is 1. The van der Waals surface area contributed by atoms with Gasteiger partial charge in [0.05, 0.1) is 0 Å². The predicted molar refractivity (Wildman–Crippen MR) is 56.1 cm³/mol. The lowest BCUT2D eigenvalue weighted by atomic mass is 9.99. The topological polar surface area (TPSA) is 12.5 Å². The maximum Gasteiger partial charge on any atom is 0.140 e. The molecular weight excluding hydrogens is 182 g/mol. The van der Waals surface area contributed by atoms with Crippen LogP contribution in [0, 0.1) is 0 Å². The molecule has 0 fully saturated rings. The minimum atomic E-state index is 0.911. The summed E-state index contributed by atoms with van der Waals surface area (Å²) in [4.78, 5) is 2.31. The Balaban J connectivity index is 2.39. The summed E-state index contributed by atoms with van der Waals surface area (Å²) in [6, 6.07) is 6.14. The van der Waals surface area contributed by atoms with Gasteiger partial charge in [-0.3, -0.25) is 0 Å². The van der Waals surface area contributed by atoms with Crippen LogP contribution in [0.25, 0.3) is 0 Å². The summed E-state index contributed by atoms with van der Waals surface area (Å²) in [5.74, 6) is 0.911. The Morgan fingerprint density at radius 1 is 1.46 bits per heavy atom. The normalized spacial score (nSPS) is 16.8. The van der Waals surface area contributed by atoms with Crippen LogP contribution < -0.4 is 4.18 Å². The van der Waals surface area contributed by atoms with Crippen molar-refractivity contribution in [2.75, 3.05) is 13.6 Å². The Labute approximate surface area is 84.1 Å². The van der Waals surface area contributed by atoms with E-state index in [1.807, 2.05) is 12.1 Å². The number of benzene rings is 1. The van der Waals surface area contributed by atoms with Crippen molar-refractivity contribution in [3.8, 4) is 5.75 Å². The zero-order valence-electron chi connectivity index (χ0n) is 7.66. The molecule has 1 aromatic carbocycles. The summed E-state index contributed by atoms with van der Waals surface area (Å²) in [5, 5.41) is 0. The molecule has 0 bridgehead atoms. The third kappa shape index (κ3) is 1.67. The first kappa shape index (κ1) is 8.91. The number of likely N-dealkylation sites (N-methyl/N-ethyl adjacent to an activating group) is 1. The maximum absolute atomic E-state index is 5.02. The fourth-order valence-corrected chi connectivity index (χ4v) is 1.97. The summed E-state index contributed by atoms with van der Waals surface area (Å²) in [5.41, 5.74) is 2.68. The van der Waals surface area contributed by atoms with Crippen molar-refractivity contribution < 1.29 is 4.18 Å². The molecule has 2 nitrogen and oxygen atoms in total. The highest BCUT2D eigenvalue weighted by molar-refractivity contribution is 7.75.